The van der Waals surface area contributed by atoms with E-state index in [9.17, 15) is 9.59 Å². The van der Waals surface area contributed by atoms with Crippen LogP contribution in [0.4, 0.5) is 16.2 Å². The first-order chi connectivity index (χ1) is 12.1. The minimum absolute atomic E-state index is 0.117. The number of hydrogen-bond acceptors (Lipinski definition) is 6. The van der Waals surface area contributed by atoms with Gasteiger partial charge in [-0.25, -0.2) is 9.59 Å². The van der Waals surface area contributed by atoms with Crippen LogP contribution in [0, 0.1) is 0 Å². The zero-order chi connectivity index (χ0) is 19.5. The molecule has 7 heteroatoms. The van der Waals surface area contributed by atoms with Crippen LogP contribution in [0.3, 0.4) is 0 Å². The van der Waals surface area contributed by atoms with E-state index < -0.39 is 11.6 Å². The molecule has 1 amide bonds. The van der Waals surface area contributed by atoms with E-state index in [4.69, 9.17) is 15.2 Å². The smallest absolute Gasteiger partial charge is 0.410 e. The number of nitrogens with zero attached hydrogens (tertiary/aromatic N) is 2. The monoisotopic (exact) mass is 363 g/mol. The maximum Gasteiger partial charge on any atom is 0.410 e. The number of ether oxygens (including phenoxy) is 2. The Hall–Kier alpha value is -2.44. The van der Waals surface area contributed by atoms with Crippen LogP contribution in [0.25, 0.3) is 0 Å². The molecule has 0 bridgehead atoms. The van der Waals surface area contributed by atoms with Gasteiger partial charge < -0.3 is 25.0 Å². The summed E-state index contributed by atoms with van der Waals surface area (Å²) >= 11 is 0. The molecular formula is C19H29N3O4. The summed E-state index contributed by atoms with van der Waals surface area (Å²) in [5.74, 6) is -0.441. The van der Waals surface area contributed by atoms with E-state index in [2.05, 4.69) is 4.90 Å². The molecule has 1 aromatic carbocycles. The first kappa shape index (κ1) is 19.9. The number of esters is 1. The molecule has 1 aromatic rings. The Labute approximate surface area is 155 Å². The van der Waals surface area contributed by atoms with Gasteiger partial charge in [-0.2, -0.15) is 0 Å². The van der Waals surface area contributed by atoms with Crippen LogP contribution >= 0.6 is 0 Å². The lowest BCUT2D eigenvalue weighted by Gasteiger charge is -2.38. The van der Waals surface area contributed by atoms with E-state index in [0.29, 0.717) is 11.3 Å². The van der Waals surface area contributed by atoms with Gasteiger partial charge in [-0.1, -0.05) is 6.07 Å². The van der Waals surface area contributed by atoms with Gasteiger partial charge in [-0.05, 0) is 45.7 Å². The van der Waals surface area contributed by atoms with E-state index in [-0.39, 0.29) is 12.1 Å². The number of hydrogen-bond donors (Lipinski definition) is 1. The highest BCUT2D eigenvalue weighted by molar-refractivity contribution is 5.98. The van der Waals surface area contributed by atoms with Crippen molar-refractivity contribution < 1.29 is 19.1 Å². The maximum atomic E-state index is 12.2. The number of rotatable bonds is 3. The van der Waals surface area contributed by atoms with Crippen LogP contribution in [0.15, 0.2) is 18.2 Å². The number of nitrogens with two attached hydrogens (primary N) is 1. The summed E-state index contributed by atoms with van der Waals surface area (Å²) in [7, 11) is 3.12. The number of amides is 1. The lowest BCUT2D eigenvalue weighted by atomic mass is 10.0. The molecule has 144 valence electrons. The minimum Gasteiger partial charge on any atom is -0.465 e. The molecule has 1 saturated heterocycles. The summed E-state index contributed by atoms with van der Waals surface area (Å²) in [5, 5.41) is 0. The molecule has 0 atom stereocenters. The van der Waals surface area contributed by atoms with Gasteiger partial charge in [0.05, 0.1) is 24.0 Å². The summed E-state index contributed by atoms with van der Waals surface area (Å²) in [5.41, 5.74) is 7.30. The predicted octanol–water partition coefficient (Wildman–Crippen LogP) is 2.89. The third-order valence-corrected chi connectivity index (χ3v) is 4.52. The predicted molar refractivity (Wildman–Crippen MR) is 101 cm³/mol. The zero-order valence-electron chi connectivity index (χ0n) is 16.2. The maximum absolute atomic E-state index is 12.2. The number of benzene rings is 1. The van der Waals surface area contributed by atoms with Crippen molar-refractivity contribution in [2.75, 3.05) is 37.9 Å². The minimum atomic E-state index is -0.505. The zero-order valence-corrected chi connectivity index (χ0v) is 16.2. The fourth-order valence-electron chi connectivity index (χ4n) is 3.09. The van der Waals surface area contributed by atoms with Crippen LogP contribution < -0.4 is 10.6 Å². The molecule has 1 fully saturated rings. The summed E-state index contributed by atoms with van der Waals surface area (Å²) in [6.45, 7) is 7.06. The fraction of sp³-hybridized carbons (Fsp3) is 0.579. The Morgan fingerprint density at radius 2 is 1.85 bits per heavy atom. The van der Waals surface area contributed by atoms with E-state index in [1.807, 2.05) is 26.8 Å². The summed E-state index contributed by atoms with van der Waals surface area (Å²) in [6, 6.07) is 5.48. The van der Waals surface area contributed by atoms with Crippen LogP contribution in [0.5, 0.6) is 0 Å². The Morgan fingerprint density at radius 3 is 2.38 bits per heavy atom. The van der Waals surface area contributed by atoms with E-state index in [0.717, 1.165) is 31.6 Å². The van der Waals surface area contributed by atoms with Crippen molar-refractivity contribution in [2.24, 2.45) is 0 Å². The van der Waals surface area contributed by atoms with Crippen LogP contribution in [0.1, 0.15) is 44.0 Å². The molecule has 2 N–H and O–H groups in total. The molecule has 1 heterocycles. The molecule has 0 radical (unpaired) electrons. The lowest BCUT2D eigenvalue weighted by molar-refractivity contribution is 0.0200. The Morgan fingerprint density at radius 1 is 1.23 bits per heavy atom. The van der Waals surface area contributed by atoms with E-state index in [1.165, 1.54) is 7.11 Å². The third-order valence-electron chi connectivity index (χ3n) is 4.52. The molecule has 7 nitrogen and oxygen atoms in total. The number of piperidine rings is 1. The lowest BCUT2D eigenvalue weighted by Crippen LogP contribution is -2.47. The molecular weight excluding hydrogens is 334 g/mol. The van der Waals surface area contributed by atoms with Gasteiger partial charge in [-0.3, -0.25) is 0 Å². The number of anilines is 2. The van der Waals surface area contributed by atoms with Gasteiger partial charge in [-0.15, -0.1) is 0 Å². The van der Waals surface area contributed by atoms with Gasteiger partial charge in [0.25, 0.3) is 0 Å². The summed E-state index contributed by atoms with van der Waals surface area (Å²) in [6.07, 6.45) is 1.30. The Bertz CT molecular complexity index is 661. The Balaban J connectivity index is 2.03. The second-order valence-electron chi connectivity index (χ2n) is 7.54. The fourth-order valence-corrected chi connectivity index (χ4v) is 3.09. The second-order valence-corrected chi connectivity index (χ2v) is 7.54. The third kappa shape index (κ3) is 4.59. The summed E-state index contributed by atoms with van der Waals surface area (Å²) < 4.78 is 10.2. The van der Waals surface area contributed by atoms with Crippen LogP contribution in [-0.4, -0.2) is 55.9 Å². The van der Waals surface area contributed by atoms with Gasteiger partial charge in [0.15, 0.2) is 0 Å². The molecule has 0 unspecified atom stereocenters. The Kier molecular flexibility index (Phi) is 6.00. The highest BCUT2D eigenvalue weighted by Crippen LogP contribution is 2.30. The first-order valence-electron chi connectivity index (χ1n) is 8.81. The van der Waals surface area contributed by atoms with E-state index >= 15 is 0 Å². The van der Waals surface area contributed by atoms with Gasteiger partial charge in [0.2, 0.25) is 0 Å². The first-order valence-corrected chi connectivity index (χ1v) is 8.81. The molecule has 2 rings (SSSR count). The number of para-hydroxylation sites is 1. The summed E-state index contributed by atoms with van der Waals surface area (Å²) in [4.78, 5) is 27.9. The average molecular weight is 363 g/mol. The second kappa shape index (κ2) is 7.85. The highest BCUT2D eigenvalue weighted by atomic mass is 16.6. The van der Waals surface area contributed by atoms with Gasteiger partial charge >= 0.3 is 12.1 Å². The number of nitrogen functional groups attached to an aromatic ring is 1. The van der Waals surface area contributed by atoms with Gasteiger partial charge in [0.1, 0.15) is 5.60 Å². The largest absolute Gasteiger partial charge is 0.465 e. The number of carbonyl (C=O) groups is 2. The topological polar surface area (TPSA) is 85.1 Å². The average Bonchev–Trinajstić information content (AvgIpc) is 2.59. The molecule has 0 spiro atoms. The highest BCUT2D eigenvalue weighted by Gasteiger charge is 2.29. The van der Waals surface area contributed by atoms with Crippen molar-refractivity contribution in [2.45, 2.75) is 45.3 Å². The SMILES string of the molecule is COC(=O)c1cccc(N2CCC(N(C)C(=O)OC(C)(C)C)CC2)c1N. The van der Waals surface area contributed by atoms with Crippen molar-refractivity contribution in [3.05, 3.63) is 23.8 Å². The van der Waals surface area contributed by atoms with Crippen LogP contribution in [-0.2, 0) is 9.47 Å². The molecule has 0 saturated carbocycles. The van der Waals surface area contributed by atoms with Crippen molar-refractivity contribution in [1.82, 2.24) is 4.90 Å². The van der Waals surface area contributed by atoms with E-state index in [1.54, 1.807) is 24.1 Å². The molecule has 0 aromatic heterocycles. The van der Waals surface area contributed by atoms with Crippen molar-refractivity contribution in [3.63, 3.8) is 0 Å². The number of methoxy groups -OCH3 is 1. The quantitative estimate of drug-likeness (QED) is 0.656. The molecule has 1 aliphatic rings. The molecule has 26 heavy (non-hydrogen) atoms. The molecule has 1 aliphatic heterocycles. The normalized spacial score (nSPS) is 15.5. The van der Waals surface area contributed by atoms with Crippen molar-refractivity contribution >= 4 is 23.4 Å². The molecule has 0 aliphatic carbocycles. The van der Waals surface area contributed by atoms with Crippen molar-refractivity contribution in [3.8, 4) is 0 Å². The standard InChI is InChI=1S/C19H29N3O4/c1-19(2,3)26-18(24)21(4)13-9-11-22(12-10-13)15-8-6-7-14(16(15)20)17(23)25-5/h6-8,13H,9-12,20H2,1-5H3. The van der Waals surface area contributed by atoms with Crippen LogP contribution in [0.2, 0.25) is 0 Å². The van der Waals surface area contributed by atoms with Gasteiger partial charge in [0, 0.05) is 26.2 Å². The number of carbonyl (C=O) groups excluding carboxylic acids is 2. The van der Waals surface area contributed by atoms with Crippen molar-refractivity contribution in [1.29, 1.82) is 0 Å².